The summed E-state index contributed by atoms with van der Waals surface area (Å²) in [5.41, 5.74) is 7.36. The zero-order valence-electron chi connectivity index (χ0n) is 8.57. The number of urea groups is 1. The van der Waals surface area contributed by atoms with Crippen molar-refractivity contribution in [1.29, 1.82) is 0 Å². The molecule has 2 rings (SSSR count). The zero-order chi connectivity index (χ0) is 10.7. The monoisotopic (exact) mass is 205 g/mol. The van der Waals surface area contributed by atoms with Gasteiger partial charge in [0.25, 0.3) is 0 Å². The molecule has 0 spiro atoms. The van der Waals surface area contributed by atoms with Crippen LogP contribution < -0.4 is 11.1 Å². The van der Waals surface area contributed by atoms with Crippen molar-refractivity contribution in [1.82, 2.24) is 4.90 Å². The molecule has 2 amide bonds. The van der Waals surface area contributed by atoms with Gasteiger partial charge in [-0.15, -0.1) is 0 Å². The lowest BCUT2D eigenvalue weighted by molar-refractivity contribution is 0.181. The standard InChI is InChI=1S/C11H15N3O/c12-8-9-3-1-4-10(7-9)13-11(15)14-5-2-6-14/h1,3-4,7H,2,5-6,8,12H2,(H,13,15). The molecule has 0 aliphatic carbocycles. The Balaban J connectivity index is 1.99. The summed E-state index contributed by atoms with van der Waals surface area (Å²) in [6.07, 6.45) is 1.11. The van der Waals surface area contributed by atoms with E-state index in [1.54, 1.807) is 4.90 Å². The summed E-state index contributed by atoms with van der Waals surface area (Å²) >= 11 is 0. The van der Waals surface area contributed by atoms with Gasteiger partial charge in [-0.1, -0.05) is 12.1 Å². The van der Waals surface area contributed by atoms with Crippen LogP contribution >= 0.6 is 0 Å². The Labute approximate surface area is 89.1 Å². The Bertz CT molecular complexity index is 361. The van der Waals surface area contributed by atoms with E-state index < -0.39 is 0 Å². The number of benzene rings is 1. The van der Waals surface area contributed by atoms with Crippen molar-refractivity contribution in [2.75, 3.05) is 18.4 Å². The van der Waals surface area contributed by atoms with Gasteiger partial charge in [0.05, 0.1) is 0 Å². The van der Waals surface area contributed by atoms with Crippen molar-refractivity contribution in [2.24, 2.45) is 5.73 Å². The fourth-order valence-electron chi connectivity index (χ4n) is 1.50. The number of anilines is 1. The molecule has 1 aromatic rings. The van der Waals surface area contributed by atoms with Gasteiger partial charge in [0.2, 0.25) is 0 Å². The van der Waals surface area contributed by atoms with Crippen LogP contribution in [0, 0.1) is 0 Å². The number of likely N-dealkylation sites (tertiary alicyclic amines) is 1. The highest BCUT2D eigenvalue weighted by Crippen LogP contribution is 2.13. The van der Waals surface area contributed by atoms with E-state index in [-0.39, 0.29) is 6.03 Å². The van der Waals surface area contributed by atoms with E-state index in [0.29, 0.717) is 6.54 Å². The number of nitrogens with one attached hydrogen (secondary N) is 1. The minimum Gasteiger partial charge on any atom is -0.326 e. The average Bonchev–Trinajstić information content (AvgIpc) is 2.15. The molecular formula is C11H15N3O. The summed E-state index contributed by atoms with van der Waals surface area (Å²) in [7, 11) is 0. The van der Waals surface area contributed by atoms with E-state index >= 15 is 0 Å². The summed E-state index contributed by atoms with van der Waals surface area (Å²) < 4.78 is 0. The fourth-order valence-corrected chi connectivity index (χ4v) is 1.50. The van der Waals surface area contributed by atoms with Crippen molar-refractivity contribution < 1.29 is 4.79 Å². The number of hydrogen-bond acceptors (Lipinski definition) is 2. The van der Waals surface area contributed by atoms with Crippen molar-refractivity contribution in [3.63, 3.8) is 0 Å². The molecule has 0 bridgehead atoms. The maximum absolute atomic E-state index is 11.6. The molecule has 1 aliphatic rings. The average molecular weight is 205 g/mol. The summed E-state index contributed by atoms with van der Waals surface area (Å²) in [5, 5.41) is 2.85. The number of carbonyl (C=O) groups excluding carboxylic acids is 1. The van der Waals surface area contributed by atoms with Gasteiger partial charge in [0.1, 0.15) is 0 Å². The SMILES string of the molecule is NCc1cccc(NC(=O)N2CCC2)c1. The van der Waals surface area contributed by atoms with Gasteiger partial charge < -0.3 is 16.0 Å². The predicted octanol–water partition coefficient (Wildman–Crippen LogP) is 1.38. The molecular weight excluding hydrogens is 190 g/mol. The molecule has 0 atom stereocenters. The highest BCUT2D eigenvalue weighted by atomic mass is 16.2. The molecule has 3 N–H and O–H groups in total. The smallest absolute Gasteiger partial charge is 0.321 e. The number of nitrogens with two attached hydrogens (primary N) is 1. The summed E-state index contributed by atoms with van der Waals surface area (Å²) in [4.78, 5) is 13.4. The second-order valence-electron chi connectivity index (χ2n) is 3.68. The Morgan fingerprint density at radius 3 is 2.87 bits per heavy atom. The van der Waals surface area contributed by atoms with Gasteiger partial charge in [0, 0.05) is 25.3 Å². The number of hydrogen-bond donors (Lipinski definition) is 2. The van der Waals surface area contributed by atoms with Crippen LogP contribution in [-0.2, 0) is 6.54 Å². The zero-order valence-corrected chi connectivity index (χ0v) is 8.57. The molecule has 1 aromatic carbocycles. The van der Waals surface area contributed by atoms with Crippen LogP contribution in [0.25, 0.3) is 0 Å². The van der Waals surface area contributed by atoms with Crippen LogP contribution in [0.4, 0.5) is 10.5 Å². The van der Waals surface area contributed by atoms with E-state index in [4.69, 9.17) is 5.73 Å². The first-order valence-electron chi connectivity index (χ1n) is 5.14. The molecule has 0 radical (unpaired) electrons. The summed E-state index contributed by atoms with van der Waals surface area (Å²) in [6, 6.07) is 7.59. The molecule has 0 aromatic heterocycles. The normalized spacial score (nSPS) is 14.6. The first-order chi connectivity index (χ1) is 7.29. The number of nitrogens with zero attached hydrogens (tertiary/aromatic N) is 1. The van der Waals surface area contributed by atoms with Gasteiger partial charge in [-0.2, -0.15) is 0 Å². The molecule has 1 fully saturated rings. The lowest BCUT2D eigenvalue weighted by Crippen LogP contribution is -2.44. The molecule has 15 heavy (non-hydrogen) atoms. The third kappa shape index (κ3) is 2.27. The Morgan fingerprint density at radius 2 is 2.27 bits per heavy atom. The molecule has 1 aliphatic heterocycles. The van der Waals surface area contributed by atoms with Crippen molar-refractivity contribution >= 4 is 11.7 Å². The summed E-state index contributed by atoms with van der Waals surface area (Å²) in [5.74, 6) is 0. The van der Waals surface area contributed by atoms with Crippen LogP contribution in [0.3, 0.4) is 0 Å². The lowest BCUT2D eigenvalue weighted by Gasteiger charge is -2.30. The topological polar surface area (TPSA) is 58.4 Å². The Hall–Kier alpha value is -1.55. The van der Waals surface area contributed by atoms with Crippen molar-refractivity contribution in [3.05, 3.63) is 29.8 Å². The van der Waals surface area contributed by atoms with Gasteiger partial charge in [-0.25, -0.2) is 4.79 Å². The maximum atomic E-state index is 11.6. The van der Waals surface area contributed by atoms with Crippen LogP contribution in [0.2, 0.25) is 0 Å². The molecule has 80 valence electrons. The van der Waals surface area contributed by atoms with Gasteiger partial charge >= 0.3 is 6.03 Å². The largest absolute Gasteiger partial charge is 0.326 e. The minimum absolute atomic E-state index is 0.0181. The highest BCUT2D eigenvalue weighted by molar-refractivity contribution is 5.89. The maximum Gasteiger partial charge on any atom is 0.321 e. The van der Waals surface area contributed by atoms with Gasteiger partial charge in [-0.05, 0) is 24.1 Å². The van der Waals surface area contributed by atoms with Crippen molar-refractivity contribution in [3.8, 4) is 0 Å². The highest BCUT2D eigenvalue weighted by Gasteiger charge is 2.19. The van der Waals surface area contributed by atoms with E-state index in [0.717, 1.165) is 30.8 Å². The first kappa shape index (κ1) is 9.98. The van der Waals surface area contributed by atoms with Crippen LogP contribution in [0.15, 0.2) is 24.3 Å². The number of rotatable bonds is 2. The Kier molecular flexibility index (Phi) is 2.87. The van der Waals surface area contributed by atoms with Gasteiger partial charge in [-0.3, -0.25) is 0 Å². The Morgan fingerprint density at radius 1 is 1.47 bits per heavy atom. The fraction of sp³-hybridized carbons (Fsp3) is 0.364. The quantitative estimate of drug-likeness (QED) is 0.766. The van der Waals surface area contributed by atoms with E-state index in [9.17, 15) is 4.79 Å². The van der Waals surface area contributed by atoms with Gasteiger partial charge in [0.15, 0.2) is 0 Å². The van der Waals surface area contributed by atoms with Crippen LogP contribution in [0.5, 0.6) is 0 Å². The molecule has 0 saturated carbocycles. The van der Waals surface area contributed by atoms with E-state index in [1.165, 1.54) is 0 Å². The summed E-state index contributed by atoms with van der Waals surface area (Å²) in [6.45, 7) is 2.22. The third-order valence-corrected chi connectivity index (χ3v) is 2.56. The molecule has 0 unspecified atom stereocenters. The number of amides is 2. The molecule has 4 nitrogen and oxygen atoms in total. The molecule has 1 heterocycles. The molecule has 4 heteroatoms. The van der Waals surface area contributed by atoms with Crippen LogP contribution in [0.1, 0.15) is 12.0 Å². The third-order valence-electron chi connectivity index (χ3n) is 2.56. The predicted molar refractivity (Wildman–Crippen MR) is 59.5 cm³/mol. The lowest BCUT2D eigenvalue weighted by atomic mass is 10.2. The number of carbonyl (C=O) groups is 1. The van der Waals surface area contributed by atoms with Crippen molar-refractivity contribution in [2.45, 2.75) is 13.0 Å². The van der Waals surface area contributed by atoms with E-state index in [1.807, 2.05) is 24.3 Å². The second-order valence-corrected chi connectivity index (χ2v) is 3.68. The first-order valence-corrected chi connectivity index (χ1v) is 5.14. The van der Waals surface area contributed by atoms with E-state index in [2.05, 4.69) is 5.32 Å². The van der Waals surface area contributed by atoms with Crippen LogP contribution in [-0.4, -0.2) is 24.0 Å². The second kappa shape index (κ2) is 4.31. The minimum atomic E-state index is -0.0181. The molecule has 1 saturated heterocycles.